The molecule has 0 bridgehead atoms. The molecule has 1 saturated heterocycles. The zero-order valence-corrected chi connectivity index (χ0v) is 20.6. The number of hydrogen-bond acceptors (Lipinski definition) is 6. The van der Waals surface area contributed by atoms with Gasteiger partial charge in [-0.05, 0) is 72.4 Å². The Morgan fingerprint density at radius 1 is 0.914 bits per heavy atom. The number of aliphatic hydroxyl groups excluding tert-OH is 4. The summed E-state index contributed by atoms with van der Waals surface area (Å²) in [6.07, 6.45) is 4.12. The van der Waals surface area contributed by atoms with Gasteiger partial charge >= 0.3 is 0 Å². The third-order valence-electron chi connectivity index (χ3n) is 8.15. The van der Waals surface area contributed by atoms with Crippen LogP contribution in [-0.4, -0.2) is 57.6 Å². The first-order valence-electron chi connectivity index (χ1n) is 12.7. The molecule has 35 heavy (non-hydrogen) atoms. The maximum Gasteiger partial charge on any atom is 0.119 e. The molecule has 5 rings (SSSR count). The molecule has 2 saturated carbocycles. The van der Waals surface area contributed by atoms with E-state index in [4.69, 9.17) is 21.1 Å². The van der Waals surface area contributed by atoms with Crippen LogP contribution in [0.1, 0.15) is 67.7 Å². The van der Waals surface area contributed by atoms with Gasteiger partial charge in [0.2, 0.25) is 0 Å². The summed E-state index contributed by atoms with van der Waals surface area (Å²) in [5.74, 6) is 0.894. The molecule has 3 fully saturated rings. The van der Waals surface area contributed by atoms with Crippen LogP contribution >= 0.6 is 11.6 Å². The van der Waals surface area contributed by atoms with E-state index < -0.39 is 37.1 Å². The molecular formula is C28H35ClO6. The van der Waals surface area contributed by atoms with E-state index in [1.807, 2.05) is 30.3 Å². The Hall–Kier alpha value is -1.67. The normalized spacial score (nSPS) is 30.7. The van der Waals surface area contributed by atoms with Crippen molar-refractivity contribution >= 4 is 11.6 Å². The van der Waals surface area contributed by atoms with Crippen LogP contribution in [0.2, 0.25) is 5.02 Å². The van der Waals surface area contributed by atoms with Crippen molar-refractivity contribution in [3.8, 4) is 5.75 Å². The summed E-state index contributed by atoms with van der Waals surface area (Å²) in [5.41, 5.74) is 3.10. The lowest BCUT2D eigenvalue weighted by Crippen LogP contribution is -2.55. The van der Waals surface area contributed by atoms with Gasteiger partial charge in [0.15, 0.2) is 0 Å². The SMILES string of the molecule is OC[C@H]1O[C@H](c2ccc(Cl)c(Cc3ccc(OC4CC5(CCCCC5)C4)cc3)c2)[C@H](O)[C@@H](O)[C@@H]1O. The maximum absolute atomic E-state index is 10.5. The summed E-state index contributed by atoms with van der Waals surface area (Å²) in [4.78, 5) is 0. The summed E-state index contributed by atoms with van der Waals surface area (Å²) in [7, 11) is 0. The lowest BCUT2D eigenvalue weighted by atomic mass is 9.59. The van der Waals surface area contributed by atoms with Crippen LogP contribution in [0.15, 0.2) is 42.5 Å². The molecule has 2 aliphatic carbocycles. The molecule has 4 N–H and O–H groups in total. The van der Waals surface area contributed by atoms with E-state index in [0.29, 0.717) is 28.5 Å². The van der Waals surface area contributed by atoms with E-state index in [2.05, 4.69) is 0 Å². The number of rotatable bonds is 6. The summed E-state index contributed by atoms with van der Waals surface area (Å²) < 4.78 is 11.9. The molecule has 2 aromatic carbocycles. The molecule has 1 aliphatic heterocycles. The molecule has 0 radical (unpaired) electrons. The fourth-order valence-corrected chi connectivity index (χ4v) is 6.27. The third kappa shape index (κ3) is 5.24. The topological polar surface area (TPSA) is 99.4 Å². The summed E-state index contributed by atoms with van der Waals surface area (Å²) in [5, 5.41) is 40.7. The molecule has 1 spiro atoms. The molecule has 0 amide bonds. The van der Waals surface area contributed by atoms with Gasteiger partial charge in [-0.2, -0.15) is 0 Å². The van der Waals surface area contributed by atoms with Crippen LogP contribution < -0.4 is 4.74 Å². The molecule has 5 atom stereocenters. The Morgan fingerprint density at radius 2 is 1.63 bits per heavy atom. The number of halogens is 1. The second-order valence-corrected chi connectivity index (χ2v) is 11.0. The van der Waals surface area contributed by atoms with E-state index in [1.165, 1.54) is 44.9 Å². The van der Waals surface area contributed by atoms with Crippen molar-refractivity contribution in [2.24, 2.45) is 5.41 Å². The van der Waals surface area contributed by atoms with E-state index in [9.17, 15) is 20.4 Å². The van der Waals surface area contributed by atoms with Gasteiger partial charge in [0.1, 0.15) is 36.3 Å². The predicted octanol–water partition coefficient (Wildman–Crippen LogP) is 3.94. The first-order valence-corrected chi connectivity index (χ1v) is 13.1. The average Bonchev–Trinajstić information content (AvgIpc) is 2.85. The van der Waals surface area contributed by atoms with E-state index >= 15 is 0 Å². The Kier molecular flexibility index (Phi) is 7.40. The van der Waals surface area contributed by atoms with E-state index in [-0.39, 0.29) is 0 Å². The zero-order valence-electron chi connectivity index (χ0n) is 19.9. The highest BCUT2D eigenvalue weighted by molar-refractivity contribution is 6.31. The standard InChI is InChI=1S/C28H35ClO6/c29-22-9-6-18(27-26(33)25(32)24(31)23(16-30)35-27)13-19(22)12-17-4-7-20(8-5-17)34-21-14-28(15-21)10-2-1-3-11-28/h4-9,13,21,23-27,30-33H,1-3,10-12,14-16H2/t23-,24-,25+,26-,27-/m1/s1. The molecular weight excluding hydrogens is 468 g/mol. The van der Waals surface area contributed by atoms with Gasteiger partial charge in [-0.25, -0.2) is 0 Å². The number of ether oxygens (including phenoxy) is 2. The quantitative estimate of drug-likeness (QED) is 0.477. The monoisotopic (exact) mass is 502 g/mol. The molecule has 3 aliphatic rings. The lowest BCUT2D eigenvalue weighted by Gasteiger charge is -2.49. The van der Waals surface area contributed by atoms with Gasteiger partial charge in [0, 0.05) is 5.02 Å². The minimum Gasteiger partial charge on any atom is -0.490 e. The number of hydrogen-bond donors (Lipinski definition) is 4. The molecule has 7 heteroatoms. The van der Waals surface area contributed by atoms with Crippen LogP contribution in [0.4, 0.5) is 0 Å². The first-order chi connectivity index (χ1) is 16.9. The van der Waals surface area contributed by atoms with Gasteiger partial charge in [-0.1, -0.05) is 55.1 Å². The largest absolute Gasteiger partial charge is 0.490 e. The highest BCUT2D eigenvalue weighted by Gasteiger charge is 2.46. The summed E-state index contributed by atoms with van der Waals surface area (Å²) >= 11 is 6.47. The third-order valence-corrected chi connectivity index (χ3v) is 8.52. The van der Waals surface area contributed by atoms with Crippen molar-refractivity contribution in [1.82, 2.24) is 0 Å². The molecule has 190 valence electrons. The Morgan fingerprint density at radius 3 is 2.31 bits per heavy atom. The Labute approximate surface area is 211 Å². The highest BCUT2D eigenvalue weighted by atomic mass is 35.5. The van der Waals surface area contributed by atoms with Crippen LogP contribution in [0.3, 0.4) is 0 Å². The van der Waals surface area contributed by atoms with Gasteiger partial charge < -0.3 is 29.9 Å². The van der Waals surface area contributed by atoms with Crippen LogP contribution in [-0.2, 0) is 11.2 Å². The average molecular weight is 503 g/mol. The van der Waals surface area contributed by atoms with Crippen molar-refractivity contribution in [1.29, 1.82) is 0 Å². The predicted molar refractivity (Wildman–Crippen MR) is 133 cm³/mol. The van der Waals surface area contributed by atoms with Crippen molar-refractivity contribution in [3.05, 3.63) is 64.2 Å². The number of aliphatic hydroxyl groups is 4. The molecule has 6 nitrogen and oxygen atoms in total. The van der Waals surface area contributed by atoms with Crippen molar-refractivity contribution in [2.45, 2.75) is 88.0 Å². The first kappa shape index (κ1) is 25.0. The van der Waals surface area contributed by atoms with Gasteiger partial charge in [-0.3, -0.25) is 0 Å². The molecule has 2 aromatic rings. The molecule has 0 aromatic heterocycles. The summed E-state index contributed by atoms with van der Waals surface area (Å²) in [6, 6.07) is 13.4. The Balaban J connectivity index is 1.23. The van der Waals surface area contributed by atoms with E-state index in [0.717, 1.165) is 16.9 Å². The molecule has 1 heterocycles. The highest BCUT2D eigenvalue weighted by Crippen LogP contribution is 2.52. The fraction of sp³-hybridized carbons (Fsp3) is 0.571. The van der Waals surface area contributed by atoms with Gasteiger partial charge in [0.25, 0.3) is 0 Å². The Bertz CT molecular complexity index is 995. The fourth-order valence-electron chi connectivity index (χ4n) is 6.08. The van der Waals surface area contributed by atoms with Crippen molar-refractivity contribution in [2.75, 3.05) is 6.61 Å². The van der Waals surface area contributed by atoms with Crippen LogP contribution in [0, 0.1) is 5.41 Å². The minimum atomic E-state index is -1.42. The second kappa shape index (κ2) is 10.4. The lowest BCUT2D eigenvalue weighted by molar-refractivity contribution is -0.231. The number of benzene rings is 2. The van der Waals surface area contributed by atoms with Gasteiger partial charge in [0.05, 0.1) is 12.7 Å². The minimum absolute atomic E-state index is 0.323. The van der Waals surface area contributed by atoms with Gasteiger partial charge in [-0.15, -0.1) is 0 Å². The second-order valence-electron chi connectivity index (χ2n) is 10.6. The van der Waals surface area contributed by atoms with Crippen LogP contribution in [0.25, 0.3) is 0 Å². The van der Waals surface area contributed by atoms with Crippen molar-refractivity contribution in [3.63, 3.8) is 0 Å². The van der Waals surface area contributed by atoms with Crippen molar-refractivity contribution < 1.29 is 29.9 Å². The smallest absolute Gasteiger partial charge is 0.119 e. The summed E-state index contributed by atoms with van der Waals surface area (Å²) in [6.45, 7) is -0.460. The molecule has 0 unspecified atom stereocenters. The van der Waals surface area contributed by atoms with E-state index in [1.54, 1.807) is 12.1 Å². The van der Waals surface area contributed by atoms with Crippen LogP contribution in [0.5, 0.6) is 5.75 Å². The maximum atomic E-state index is 10.5. The zero-order chi connectivity index (χ0) is 24.6.